The van der Waals surface area contributed by atoms with Gasteiger partial charge in [0.2, 0.25) is 0 Å². The van der Waals surface area contributed by atoms with Gasteiger partial charge in [0.15, 0.2) is 0 Å². The van der Waals surface area contributed by atoms with E-state index in [9.17, 15) is 4.79 Å². The zero-order valence-electron chi connectivity index (χ0n) is 15.4. The van der Waals surface area contributed by atoms with Crippen LogP contribution in [-0.4, -0.2) is 47.8 Å². The van der Waals surface area contributed by atoms with Gasteiger partial charge in [0.05, 0.1) is 22.6 Å². The molecule has 0 aliphatic heterocycles. The van der Waals surface area contributed by atoms with Crippen LogP contribution in [0, 0.1) is 13.8 Å². The van der Waals surface area contributed by atoms with Crippen molar-refractivity contribution in [3.63, 3.8) is 0 Å². The monoisotopic (exact) mass is 328 g/mol. The molecule has 1 heterocycles. The van der Waals surface area contributed by atoms with Crippen LogP contribution in [0.3, 0.4) is 0 Å². The van der Waals surface area contributed by atoms with Crippen molar-refractivity contribution in [3.05, 3.63) is 46.8 Å². The van der Waals surface area contributed by atoms with Gasteiger partial charge in [-0.25, -0.2) is 4.68 Å². The molecule has 0 bridgehead atoms. The van der Waals surface area contributed by atoms with Crippen LogP contribution >= 0.6 is 0 Å². The fourth-order valence-electron chi connectivity index (χ4n) is 2.69. The van der Waals surface area contributed by atoms with Crippen LogP contribution in [0.5, 0.6) is 0 Å². The predicted molar refractivity (Wildman–Crippen MR) is 97.9 cm³/mol. The molecule has 0 unspecified atom stereocenters. The molecule has 0 atom stereocenters. The summed E-state index contributed by atoms with van der Waals surface area (Å²) >= 11 is 0. The molecule has 2 aromatic rings. The first-order chi connectivity index (χ1) is 11.4. The first-order valence-electron chi connectivity index (χ1n) is 8.52. The third-order valence-electron chi connectivity index (χ3n) is 4.03. The number of nitrogens with zero attached hydrogens (tertiary/aromatic N) is 3. The summed E-state index contributed by atoms with van der Waals surface area (Å²) in [4.78, 5) is 14.7. The highest BCUT2D eigenvalue weighted by Crippen LogP contribution is 2.20. The lowest BCUT2D eigenvalue weighted by Crippen LogP contribution is -2.32. The molecule has 0 aliphatic carbocycles. The highest BCUT2D eigenvalue weighted by molar-refractivity contribution is 5.96. The molecule has 130 valence electrons. The maximum Gasteiger partial charge on any atom is 0.255 e. The number of likely N-dealkylation sites (N-methyl/N-ethyl adjacent to an activating group) is 1. The van der Waals surface area contributed by atoms with Gasteiger partial charge in [-0.05, 0) is 46.5 Å². The van der Waals surface area contributed by atoms with E-state index in [1.54, 1.807) is 0 Å². The van der Waals surface area contributed by atoms with Crippen LogP contribution < -0.4 is 5.32 Å². The Hall–Kier alpha value is -2.14. The quantitative estimate of drug-likeness (QED) is 0.850. The molecule has 1 amide bonds. The minimum absolute atomic E-state index is 0.0313. The number of benzene rings is 1. The Labute approximate surface area is 144 Å². The Balaban J connectivity index is 2.32. The lowest BCUT2D eigenvalue weighted by atomic mass is 10.1. The van der Waals surface area contributed by atoms with Crippen molar-refractivity contribution in [2.45, 2.75) is 33.6 Å². The Kier molecular flexibility index (Phi) is 6.15. The summed E-state index contributed by atoms with van der Waals surface area (Å²) in [5.41, 5.74) is 4.68. The van der Waals surface area contributed by atoms with E-state index >= 15 is 0 Å². The highest BCUT2D eigenvalue weighted by Gasteiger charge is 2.21. The van der Waals surface area contributed by atoms with Gasteiger partial charge >= 0.3 is 0 Å². The summed E-state index contributed by atoms with van der Waals surface area (Å²) in [5.74, 6) is -0.0313. The lowest BCUT2D eigenvalue weighted by Gasteiger charge is -2.11. The zero-order valence-corrected chi connectivity index (χ0v) is 15.4. The number of carbonyl (C=O) groups excluding carboxylic acids is 1. The molecular formula is C19H28N4O. The smallest absolute Gasteiger partial charge is 0.255 e. The van der Waals surface area contributed by atoms with Crippen molar-refractivity contribution in [2.24, 2.45) is 0 Å². The van der Waals surface area contributed by atoms with Crippen molar-refractivity contribution in [2.75, 3.05) is 27.2 Å². The molecule has 5 nitrogen and oxygen atoms in total. The Morgan fingerprint density at radius 2 is 1.88 bits per heavy atom. The van der Waals surface area contributed by atoms with E-state index in [0.717, 1.165) is 42.0 Å². The van der Waals surface area contributed by atoms with Gasteiger partial charge in [0.1, 0.15) is 0 Å². The molecule has 0 aliphatic rings. The second kappa shape index (κ2) is 8.11. The molecule has 0 radical (unpaired) electrons. The minimum Gasteiger partial charge on any atom is -0.351 e. The fraction of sp³-hybridized carbons (Fsp3) is 0.474. The number of aryl methyl sites for hydroxylation is 2. The Morgan fingerprint density at radius 1 is 1.21 bits per heavy atom. The summed E-state index contributed by atoms with van der Waals surface area (Å²) in [5, 5.41) is 7.72. The van der Waals surface area contributed by atoms with Crippen LogP contribution in [0.2, 0.25) is 0 Å². The molecule has 0 spiro atoms. The van der Waals surface area contributed by atoms with Crippen LogP contribution in [0.25, 0.3) is 5.69 Å². The van der Waals surface area contributed by atoms with Gasteiger partial charge in [-0.1, -0.05) is 31.0 Å². The average molecular weight is 328 g/mol. The van der Waals surface area contributed by atoms with Crippen LogP contribution in [0.1, 0.15) is 40.7 Å². The van der Waals surface area contributed by atoms with E-state index in [0.29, 0.717) is 6.54 Å². The largest absolute Gasteiger partial charge is 0.351 e. The number of carbonyl (C=O) groups is 1. The third-order valence-corrected chi connectivity index (χ3v) is 4.03. The normalized spacial score (nSPS) is 11.1. The SMILES string of the molecule is CCCc1nn(-c2ccc(C)cc2)c(C)c1C(=O)NCCN(C)C. The van der Waals surface area contributed by atoms with Gasteiger partial charge in [0.25, 0.3) is 5.91 Å². The van der Waals surface area contributed by atoms with E-state index in [4.69, 9.17) is 5.10 Å². The third kappa shape index (κ3) is 4.23. The molecule has 2 rings (SSSR count). The molecule has 5 heteroatoms. The molecule has 1 aromatic carbocycles. The van der Waals surface area contributed by atoms with Gasteiger partial charge < -0.3 is 10.2 Å². The molecule has 24 heavy (non-hydrogen) atoms. The lowest BCUT2D eigenvalue weighted by molar-refractivity contribution is 0.0949. The van der Waals surface area contributed by atoms with Crippen molar-refractivity contribution in [1.82, 2.24) is 20.0 Å². The van der Waals surface area contributed by atoms with Gasteiger partial charge in [-0.2, -0.15) is 5.10 Å². The first-order valence-corrected chi connectivity index (χ1v) is 8.52. The summed E-state index contributed by atoms with van der Waals surface area (Å²) in [6.07, 6.45) is 1.76. The van der Waals surface area contributed by atoms with E-state index < -0.39 is 0 Å². The van der Waals surface area contributed by atoms with Crippen molar-refractivity contribution in [3.8, 4) is 5.69 Å². The van der Waals surface area contributed by atoms with Gasteiger partial charge in [0, 0.05) is 13.1 Å². The first kappa shape index (κ1) is 18.2. The summed E-state index contributed by atoms with van der Waals surface area (Å²) in [7, 11) is 3.99. The van der Waals surface area contributed by atoms with Crippen molar-refractivity contribution >= 4 is 5.91 Å². The number of rotatable bonds is 7. The number of hydrogen-bond donors (Lipinski definition) is 1. The molecule has 0 saturated carbocycles. The predicted octanol–water partition coefficient (Wildman–Crippen LogP) is 2.73. The maximum atomic E-state index is 12.7. The molecule has 0 saturated heterocycles. The van der Waals surface area contributed by atoms with Crippen molar-refractivity contribution in [1.29, 1.82) is 0 Å². The summed E-state index contributed by atoms with van der Waals surface area (Å²) < 4.78 is 1.88. The Morgan fingerprint density at radius 3 is 2.46 bits per heavy atom. The number of aromatic nitrogens is 2. The number of hydrogen-bond acceptors (Lipinski definition) is 3. The zero-order chi connectivity index (χ0) is 17.7. The second-order valence-corrected chi connectivity index (χ2v) is 6.46. The fourth-order valence-corrected chi connectivity index (χ4v) is 2.69. The molecule has 0 fully saturated rings. The highest BCUT2D eigenvalue weighted by atomic mass is 16.1. The maximum absolute atomic E-state index is 12.7. The van der Waals surface area contributed by atoms with E-state index in [1.807, 2.05) is 37.8 Å². The van der Waals surface area contributed by atoms with Crippen LogP contribution in [0.15, 0.2) is 24.3 Å². The van der Waals surface area contributed by atoms with Crippen LogP contribution in [-0.2, 0) is 6.42 Å². The number of amides is 1. The van der Waals surface area contributed by atoms with E-state index in [-0.39, 0.29) is 5.91 Å². The Bertz CT molecular complexity index is 686. The minimum atomic E-state index is -0.0313. The van der Waals surface area contributed by atoms with Gasteiger partial charge in [-0.3, -0.25) is 4.79 Å². The van der Waals surface area contributed by atoms with E-state index in [2.05, 4.69) is 36.2 Å². The number of nitrogens with one attached hydrogen (secondary N) is 1. The molecular weight excluding hydrogens is 300 g/mol. The molecule has 1 N–H and O–H groups in total. The van der Waals surface area contributed by atoms with Gasteiger partial charge in [-0.15, -0.1) is 0 Å². The van der Waals surface area contributed by atoms with E-state index in [1.165, 1.54) is 5.56 Å². The summed E-state index contributed by atoms with van der Waals surface area (Å²) in [6.45, 7) is 7.58. The topological polar surface area (TPSA) is 50.2 Å². The molecule has 1 aromatic heterocycles. The standard InChI is InChI=1S/C19H28N4O/c1-6-7-17-18(19(24)20-12-13-22(4)5)15(3)23(21-17)16-10-8-14(2)9-11-16/h8-11H,6-7,12-13H2,1-5H3,(H,20,24). The second-order valence-electron chi connectivity index (χ2n) is 6.46. The van der Waals surface area contributed by atoms with Crippen molar-refractivity contribution < 1.29 is 4.79 Å². The summed E-state index contributed by atoms with van der Waals surface area (Å²) in [6, 6.07) is 8.21. The average Bonchev–Trinajstić information content (AvgIpc) is 2.84. The van der Waals surface area contributed by atoms with Crippen LogP contribution in [0.4, 0.5) is 0 Å².